The Kier molecular flexibility index (Phi) is 4.37. The number of nitrogens with two attached hydrogens (primary N) is 1. The summed E-state index contributed by atoms with van der Waals surface area (Å²) in [5.41, 5.74) is 7.11. The molecule has 23 heavy (non-hydrogen) atoms. The van der Waals surface area contributed by atoms with Gasteiger partial charge in [0.2, 0.25) is 11.8 Å². The van der Waals surface area contributed by atoms with E-state index in [9.17, 15) is 9.59 Å². The van der Waals surface area contributed by atoms with Gasteiger partial charge in [0, 0.05) is 42.2 Å². The van der Waals surface area contributed by atoms with Crippen molar-refractivity contribution >= 4 is 28.8 Å². The van der Waals surface area contributed by atoms with Crippen LogP contribution in [0.5, 0.6) is 0 Å². The van der Waals surface area contributed by atoms with Crippen LogP contribution in [-0.4, -0.2) is 34.8 Å². The van der Waals surface area contributed by atoms with Crippen LogP contribution in [0, 0.1) is 5.92 Å². The third kappa shape index (κ3) is 3.39. The molecule has 0 radical (unpaired) electrons. The van der Waals surface area contributed by atoms with E-state index in [0.29, 0.717) is 25.9 Å². The molecule has 1 fully saturated rings. The molecule has 3 rings (SSSR count). The van der Waals surface area contributed by atoms with Gasteiger partial charge in [-0.05, 0) is 25.0 Å². The van der Waals surface area contributed by atoms with Crippen molar-refractivity contribution < 1.29 is 9.59 Å². The van der Waals surface area contributed by atoms with Gasteiger partial charge < -0.3 is 10.6 Å². The summed E-state index contributed by atoms with van der Waals surface area (Å²) in [5.74, 6) is -0.416. The van der Waals surface area contributed by atoms with Crippen LogP contribution in [0.1, 0.15) is 18.4 Å². The number of hydrogen-bond donors (Lipinski definition) is 1. The number of primary amides is 1. The molecule has 0 atom stereocenters. The molecule has 5 heteroatoms. The van der Waals surface area contributed by atoms with E-state index in [4.69, 9.17) is 5.73 Å². The topological polar surface area (TPSA) is 76.3 Å². The molecule has 0 bridgehead atoms. The van der Waals surface area contributed by atoms with Gasteiger partial charge in [-0.1, -0.05) is 24.3 Å². The molecular weight excluding hydrogens is 290 g/mol. The molecule has 1 aromatic heterocycles. The second-order valence-electron chi connectivity index (χ2n) is 5.76. The molecule has 2 heterocycles. The maximum Gasteiger partial charge on any atom is 0.246 e. The molecule has 5 nitrogen and oxygen atoms in total. The fourth-order valence-corrected chi connectivity index (χ4v) is 2.91. The first kappa shape index (κ1) is 15.2. The normalized spacial score (nSPS) is 16.1. The Morgan fingerprint density at radius 1 is 1.17 bits per heavy atom. The van der Waals surface area contributed by atoms with E-state index < -0.39 is 0 Å². The van der Waals surface area contributed by atoms with Gasteiger partial charge >= 0.3 is 0 Å². The molecule has 1 aliphatic heterocycles. The molecule has 1 aliphatic rings. The summed E-state index contributed by atoms with van der Waals surface area (Å²) in [4.78, 5) is 29.6. The lowest BCUT2D eigenvalue weighted by atomic mass is 9.96. The average Bonchev–Trinajstić information content (AvgIpc) is 2.59. The van der Waals surface area contributed by atoms with Gasteiger partial charge in [0.05, 0.1) is 5.52 Å². The lowest BCUT2D eigenvalue weighted by Gasteiger charge is -2.29. The highest BCUT2D eigenvalue weighted by atomic mass is 16.2. The maximum absolute atomic E-state index is 12.3. The van der Waals surface area contributed by atoms with Crippen molar-refractivity contribution in [3.05, 3.63) is 48.2 Å². The minimum Gasteiger partial charge on any atom is -0.369 e. The first-order valence-corrected chi connectivity index (χ1v) is 7.75. The highest BCUT2D eigenvalue weighted by Gasteiger charge is 2.24. The zero-order valence-electron chi connectivity index (χ0n) is 12.8. The van der Waals surface area contributed by atoms with Gasteiger partial charge in [0.1, 0.15) is 0 Å². The molecule has 1 aromatic carbocycles. The molecule has 0 saturated carbocycles. The Hall–Kier alpha value is -2.69. The Balaban J connectivity index is 1.70. The number of aromatic nitrogens is 1. The Morgan fingerprint density at radius 3 is 2.65 bits per heavy atom. The van der Waals surface area contributed by atoms with E-state index >= 15 is 0 Å². The van der Waals surface area contributed by atoms with Crippen LogP contribution < -0.4 is 5.73 Å². The van der Waals surface area contributed by atoms with Gasteiger partial charge in [-0.25, -0.2) is 0 Å². The molecule has 0 unspecified atom stereocenters. The van der Waals surface area contributed by atoms with Crippen molar-refractivity contribution in [2.75, 3.05) is 13.1 Å². The number of rotatable bonds is 3. The number of benzene rings is 1. The van der Waals surface area contributed by atoms with Crippen LogP contribution in [0.15, 0.2) is 42.6 Å². The number of amides is 2. The van der Waals surface area contributed by atoms with E-state index in [1.54, 1.807) is 23.2 Å². The van der Waals surface area contributed by atoms with E-state index in [-0.39, 0.29) is 17.7 Å². The highest BCUT2D eigenvalue weighted by Crippen LogP contribution is 2.19. The zero-order valence-corrected chi connectivity index (χ0v) is 12.8. The predicted octanol–water partition coefficient (Wildman–Crippen LogP) is 1.97. The molecule has 118 valence electrons. The second-order valence-corrected chi connectivity index (χ2v) is 5.76. The molecule has 1 saturated heterocycles. The lowest BCUT2D eigenvalue weighted by Crippen LogP contribution is -2.41. The average molecular weight is 309 g/mol. The number of nitrogens with zero attached hydrogens (tertiary/aromatic N) is 2. The largest absolute Gasteiger partial charge is 0.369 e. The number of fused-ring (bicyclic) bond motifs is 1. The van der Waals surface area contributed by atoms with E-state index in [0.717, 1.165) is 16.5 Å². The van der Waals surface area contributed by atoms with Crippen LogP contribution >= 0.6 is 0 Å². The van der Waals surface area contributed by atoms with Crippen molar-refractivity contribution in [1.82, 2.24) is 9.88 Å². The minimum absolute atomic E-state index is 0.0409. The third-order valence-electron chi connectivity index (χ3n) is 4.28. The van der Waals surface area contributed by atoms with Crippen LogP contribution in [0.3, 0.4) is 0 Å². The van der Waals surface area contributed by atoms with Crippen LogP contribution in [0.25, 0.3) is 17.0 Å². The summed E-state index contributed by atoms with van der Waals surface area (Å²) in [7, 11) is 0. The van der Waals surface area contributed by atoms with Crippen molar-refractivity contribution in [2.24, 2.45) is 11.7 Å². The number of hydrogen-bond acceptors (Lipinski definition) is 3. The summed E-state index contributed by atoms with van der Waals surface area (Å²) in [6.07, 6.45) is 6.41. The van der Waals surface area contributed by atoms with Crippen molar-refractivity contribution in [1.29, 1.82) is 0 Å². The number of piperidine rings is 1. The third-order valence-corrected chi connectivity index (χ3v) is 4.28. The second kappa shape index (κ2) is 6.60. The molecule has 0 aliphatic carbocycles. The number of pyridine rings is 1. The molecule has 2 aromatic rings. The predicted molar refractivity (Wildman–Crippen MR) is 89.3 cm³/mol. The highest BCUT2D eigenvalue weighted by molar-refractivity contribution is 5.95. The number of carbonyl (C=O) groups is 2. The fraction of sp³-hybridized carbons (Fsp3) is 0.278. The Morgan fingerprint density at radius 2 is 1.91 bits per heavy atom. The SMILES string of the molecule is NC(=O)C1CCN(C(=O)/C=C/c2cccc3cccnc23)CC1. The Labute approximate surface area is 134 Å². The van der Waals surface area contributed by atoms with Crippen molar-refractivity contribution in [2.45, 2.75) is 12.8 Å². The fourth-order valence-electron chi connectivity index (χ4n) is 2.91. The van der Waals surface area contributed by atoms with Gasteiger partial charge in [-0.2, -0.15) is 0 Å². The number of likely N-dealkylation sites (tertiary alicyclic amines) is 1. The molecule has 0 spiro atoms. The van der Waals surface area contributed by atoms with Gasteiger partial charge in [-0.15, -0.1) is 0 Å². The lowest BCUT2D eigenvalue weighted by molar-refractivity contribution is -0.130. The van der Waals surface area contributed by atoms with Gasteiger partial charge in [0.25, 0.3) is 0 Å². The summed E-state index contributed by atoms with van der Waals surface area (Å²) in [6.45, 7) is 1.15. The summed E-state index contributed by atoms with van der Waals surface area (Å²) < 4.78 is 0. The van der Waals surface area contributed by atoms with Crippen molar-refractivity contribution in [3.8, 4) is 0 Å². The number of carbonyl (C=O) groups excluding carboxylic acids is 2. The van der Waals surface area contributed by atoms with Crippen molar-refractivity contribution in [3.63, 3.8) is 0 Å². The van der Waals surface area contributed by atoms with E-state index in [1.807, 2.05) is 30.3 Å². The van der Waals surface area contributed by atoms with Gasteiger partial charge in [-0.3, -0.25) is 14.6 Å². The van der Waals surface area contributed by atoms with Crippen LogP contribution in [0.4, 0.5) is 0 Å². The monoisotopic (exact) mass is 309 g/mol. The summed E-state index contributed by atoms with van der Waals surface area (Å²) in [6, 6.07) is 9.78. The summed E-state index contributed by atoms with van der Waals surface area (Å²) >= 11 is 0. The first-order chi connectivity index (χ1) is 11.1. The van der Waals surface area contributed by atoms with Crippen LogP contribution in [0.2, 0.25) is 0 Å². The van der Waals surface area contributed by atoms with Crippen LogP contribution in [-0.2, 0) is 9.59 Å². The molecule has 2 amide bonds. The minimum atomic E-state index is -0.269. The van der Waals surface area contributed by atoms with Gasteiger partial charge in [0.15, 0.2) is 0 Å². The zero-order chi connectivity index (χ0) is 16.2. The maximum atomic E-state index is 12.3. The quantitative estimate of drug-likeness (QED) is 0.881. The van der Waals surface area contributed by atoms with E-state index in [1.165, 1.54) is 0 Å². The van der Waals surface area contributed by atoms with E-state index in [2.05, 4.69) is 4.98 Å². The smallest absolute Gasteiger partial charge is 0.246 e. The number of para-hydroxylation sites is 1. The molecular formula is C18H19N3O2. The first-order valence-electron chi connectivity index (χ1n) is 7.75. The Bertz CT molecular complexity index is 756. The standard InChI is InChI=1S/C18H19N3O2/c19-18(23)15-8-11-21(12-9-15)16(22)7-6-14-4-1-3-13-5-2-10-20-17(13)14/h1-7,10,15H,8-9,11-12H2,(H2,19,23)/b7-6+. The molecule has 2 N–H and O–H groups in total. The summed E-state index contributed by atoms with van der Waals surface area (Å²) in [5, 5.41) is 1.05.